The fraction of sp³-hybridized carbons (Fsp3) is 0. The molecule has 0 heterocycles. The van der Waals surface area contributed by atoms with Gasteiger partial charge in [-0.3, -0.25) is 4.79 Å². The van der Waals surface area contributed by atoms with Gasteiger partial charge in [0, 0.05) is 28.2 Å². The number of benzene rings is 2. The molecule has 0 aromatic heterocycles. The van der Waals surface area contributed by atoms with Crippen molar-refractivity contribution in [2.75, 3.05) is 0 Å². The van der Waals surface area contributed by atoms with Gasteiger partial charge in [-0.15, -0.1) is 0 Å². The number of rotatable bonds is 3. The van der Waals surface area contributed by atoms with Crippen LogP contribution < -0.4 is 0 Å². The zero-order valence-corrected chi connectivity index (χ0v) is 10.4. The van der Waals surface area contributed by atoms with E-state index in [1.807, 2.05) is 0 Å². The minimum atomic E-state index is -1.09. The van der Waals surface area contributed by atoms with Crippen LogP contribution in [0.25, 0.3) is 0 Å². The van der Waals surface area contributed by atoms with Crippen LogP contribution in [0, 0.1) is 0 Å². The van der Waals surface area contributed by atoms with Crippen LogP contribution >= 0.6 is 0 Å². The summed E-state index contributed by atoms with van der Waals surface area (Å²) in [6.45, 7) is 0. The Morgan fingerprint density at radius 1 is 0.778 bits per heavy atom. The molecule has 0 spiro atoms. The van der Waals surface area contributed by atoms with Gasteiger partial charge in [-0.05, 0) is 6.07 Å². The number of hydrogen-bond donors (Lipinski definition) is 1. The Hall–Kier alpha value is -1.90. The van der Waals surface area contributed by atoms with E-state index in [1.54, 1.807) is 42.5 Å². The van der Waals surface area contributed by atoms with Crippen LogP contribution in [0.2, 0.25) is 0 Å². The molecule has 0 fully saturated rings. The molecule has 0 atom stereocenters. The maximum Gasteiger partial charge on any atom is 0.336 e. The van der Waals surface area contributed by atoms with Crippen LogP contribution in [0.3, 0.4) is 0 Å². The fourth-order valence-corrected chi connectivity index (χ4v) is 1.61. The topological polar surface area (TPSA) is 54.4 Å². The van der Waals surface area contributed by atoms with E-state index in [1.165, 1.54) is 12.1 Å². The first-order chi connectivity index (χ1) is 8.20. The van der Waals surface area contributed by atoms with Gasteiger partial charge in [-0.25, -0.2) is 4.79 Å². The summed E-state index contributed by atoms with van der Waals surface area (Å²) < 4.78 is 0. The molecule has 2 aromatic carbocycles. The van der Waals surface area contributed by atoms with Gasteiger partial charge < -0.3 is 5.11 Å². The predicted molar refractivity (Wildman–Crippen MR) is 63.3 cm³/mol. The zero-order chi connectivity index (χ0) is 12.3. The number of aromatic carboxylic acids is 1. The third kappa shape index (κ3) is 2.86. The molecule has 0 aliphatic carbocycles. The van der Waals surface area contributed by atoms with Crippen LogP contribution in [-0.2, 0) is 17.1 Å². The first-order valence-electron chi connectivity index (χ1n) is 5.12. The van der Waals surface area contributed by atoms with E-state index in [-0.39, 0.29) is 34.0 Å². The third-order valence-corrected chi connectivity index (χ3v) is 2.44. The summed E-state index contributed by atoms with van der Waals surface area (Å²) in [6.07, 6.45) is 0. The van der Waals surface area contributed by atoms with Crippen molar-refractivity contribution in [2.24, 2.45) is 0 Å². The third-order valence-electron chi connectivity index (χ3n) is 2.44. The van der Waals surface area contributed by atoms with Crippen LogP contribution in [0.15, 0.2) is 54.6 Å². The molecule has 0 radical (unpaired) electrons. The van der Waals surface area contributed by atoms with Gasteiger partial charge in [-0.1, -0.05) is 48.5 Å². The van der Waals surface area contributed by atoms with Gasteiger partial charge >= 0.3 is 5.97 Å². The number of carboxylic acid groups (broad SMARTS) is 1. The molecule has 3 nitrogen and oxygen atoms in total. The zero-order valence-electron chi connectivity index (χ0n) is 9.31. The number of ketones is 1. The number of hydrogen-bond acceptors (Lipinski definition) is 2. The summed E-state index contributed by atoms with van der Waals surface area (Å²) in [5.74, 6) is -1.37. The average molecular weight is 282 g/mol. The molecule has 2 aromatic rings. The molecule has 1 N–H and O–H groups in total. The van der Waals surface area contributed by atoms with Crippen LogP contribution in [0.4, 0.5) is 0 Å². The normalized spacial score (nSPS) is 9.33. The second-order valence-electron chi connectivity index (χ2n) is 3.55. The molecular weight excluding hydrogens is 272 g/mol. The Morgan fingerprint density at radius 3 is 1.83 bits per heavy atom. The molecule has 0 aliphatic rings. The first-order valence-corrected chi connectivity index (χ1v) is 5.12. The summed E-state index contributed by atoms with van der Waals surface area (Å²) in [6, 6.07) is 14.8. The first kappa shape index (κ1) is 14.2. The van der Waals surface area contributed by atoms with Gasteiger partial charge in [-0.2, -0.15) is 0 Å². The van der Waals surface area contributed by atoms with E-state index in [0.717, 1.165) is 0 Å². The SMILES string of the molecule is O=C(O)c1ccccc1C(=O)c1ccccc1.[Fe]. The molecule has 0 aliphatic heterocycles. The molecule has 2 rings (SSSR count). The standard InChI is InChI=1S/C14H10O3.Fe/c15-13(10-6-2-1-3-7-10)11-8-4-5-9-12(11)14(16)17;/h1-9H,(H,16,17);. The number of carbonyl (C=O) groups is 2. The summed E-state index contributed by atoms with van der Waals surface area (Å²) in [5.41, 5.74) is 0.730. The molecule has 18 heavy (non-hydrogen) atoms. The maximum absolute atomic E-state index is 12.1. The molecule has 92 valence electrons. The van der Waals surface area contributed by atoms with Gasteiger partial charge in [0.25, 0.3) is 0 Å². The Balaban J connectivity index is 0.00000162. The van der Waals surface area contributed by atoms with Gasteiger partial charge in [0.05, 0.1) is 5.56 Å². The monoisotopic (exact) mass is 282 g/mol. The van der Waals surface area contributed by atoms with Crippen molar-refractivity contribution in [3.63, 3.8) is 0 Å². The van der Waals surface area contributed by atoms with Gasteiger partial charge in [0.15, 0.2) is 5.78 Å². The van der Waals surface area contributed by atoms with Gasteiger partial charge in [0.1, 0.15) is 0 Å². The Kier molecular flexibility index (Phi) is 4.84. The minimum Gasteiger partial charge on any atom is -0.478 e. The Labute approximate surface area is 115 Å². The molecule has 0 saturated carbocycles. The predicted octanol–water partition coefficient (Wildman–Crippen LogP) is 2.61. The van der Waals surface area contributed by atoms with Crippen molar-refractivity contribution < 1.29 is 31.8 Å². The van der Waals surface area contributed by atoms with Crippen molar-refractivity contribution in [1.82, 2.24) is 0 Å². The van der Waals surface area contributed by atoms with E-state index < -0.39 is 5.97 Å². The quantitative estimate of drug-likeness (QED) is 0.695. The smallest absolute Gasteiger partial charge is 0.336 e. The van der Waals surface area contributed by atoms with E-state index >= 15 is 0 Å². The maximum atomic E-state index is 12.1. The molecule has 0 saturated heterocycles. The molecule has 4 heteroatoms. The van der Waals surface area contributed by atoms with Crippen LogP contribution in [-0.4, -0.2) is 16.9 Å². The van der Waals surface area contributed by atoms with Crippen molar-refractivity contribution in [2.45, 2.75) is 0 Å². The summed E-state index contributed by atoms with van der Waals surface area (Å²) in [5, 5.41) is 9.01. The van der Waals surface area contributed by atoms with Crippen molar-refractivity contribution in [3.05, 3.63) is 71.3 Å². The van der Waals surface area contributed by atoms with Crippen molar-refractivity contribution in [3.8, 4) is 0 Å². The Morgan fingerprint density at radius 2 is 1.28 bits per heavy atom. The average Bonchev–Trinajstić information content (AvgIpc) is 2.39. The Bertz CT molecular complexity index is 564. The summed E-state index contributed by atoms with van der Waals surface area (Å²) >= 11 is 0. The largest absolute Gasteiger partial charge is 0.478 e. The minimum absolute atomic E-state index is 0. The van der Waals surface area contributed by atoms with E-state index in [9.17, 15) is 9.59 Å². The number of carbonyl (C=O) groups excluding carboxylic acids is 1. The van der Waals surface area contributed by atoms with Crippen LogP contribution in [0.1, 0.15) is 26.3 Å². The van der Waals surface area contributed by atoms with Gasteiger partial charge in [0.2, 0.25) is 0 Å². The molecule has 0 amide bonds. The molecule has 0 bridgehead atoms. The molecular formula is C14H10FeO3. The molecule has 0 unspecified atom stereocenters. The van der Waals surface area contributed by atoms with Crippen molar-refractivity contribution >= 4 is 11.8 Å². The van der Waals surface area contributed by atoms with E-state index in [4.69, 9.17) is 5.11 Å². The van der Waals surface area contributed by atoms with E-state index in [0.29, 0.717) is 5.56 Å². The second kappa shape index (κ2) is 6.15. The second-order valence-corrected chi connectivity index (χ2v) is 3.55. The number of carboxylic acids is 1. The van der Waals surface area contributed by atoms with Crippen LogP contribution in [0.5, 0.6) is 0 Å². The van der Waals surface area contributed by atoms with E-state index in [2.05, 4.69) is 0 Å². The summed E-state index contributed by atoms with van der Waals surface area (Å²) in [7, 11) is 0. The summed E-state index contributed by atoms with van der Waals surface area (Å²) in [4.78, 5) is 23.1. The van der Waals surface area contributed by atoms with Crippen molar-refractivity contribution in [1.29, 1.82) is 0 Å². The fourth-order valence-electron chi connectivity index (χ4n) is 1.61.